The van der Waals surface area contributed by atoms with Gasteiger partial charge in [-0.1, -0.05) is 24.3 Å². The van der Waals surface area contributed by atoms with Crippen LogP contribution in [0, 0.1) is 0 Å². The Morgan fingerprint density at radius 2 is 2.29 bits per heavy atom. The number of hydrogen-bond donors (Lipinski definition) is 0. The zero-order valence-electron chi connectivity index (χ0n) is 8.88. The van der Waals surface area contributed by atoms with Crippen molar-refractivity contribution in [3.8, 4) is 0 Å². The zero-order valence-corrected chi connectivity index (χ0v) is 10.5. The van der Waals surface area contributed by atoms with Crippen LogP contribution in [0.3, 0.4) is 0 Å². The van der Waals surface area contributed by atoms with Crippen molar-refractivity contribution in [2.75, 3.05) is 12.9 Å². The molecule has 0 fully saturated rings. The standard InChI is InChI=1S/C9H9ClN2O4S/c1-3-4-16-8(13)6-5-11-9(12-7(6)10)17(2,14)15/h3,5H,1,4H2,2H3. The smallest absolute Gasteiger partial charge is 0.343 e. The normalized spacial score (nSPS) is 10.9. The summed E-state index contributed by atoms with van der Waals surface area (Å²) in [5.41, 5.74) is -0.0964. The van der Waals surface area contributed by atoms with Gasteiger partial charge in [0.05, 0.1) is 0 Å². The molecule has 0 unspecified atom stereocenters. The fraction of sp³-hybridized carbons (Fsp3) is 0.222. The largest absolute Gasteiger partial charge is 0.458 e. The van der Waals surface area contributed by atoms with Crippen LogP contribution < -0.4 is 0 Å². The number of nitrogens with zero attached hydrogens (tertiary/aromatic N) is 2. The maximum atomic E-state index is 11.4. The number of halogens is 1. The molecule has 0 bridgehead atoms. The van der Waals surface area contributed by atoms with Gasteiger partial charge in [-0.15, -0.1) is 0 Å². The van der Waals surface area contributed by atoms with Crippen LogP contribution >= 0.6 is 11.6 Å². The molecule has 0 aliphatic heterocycles. The number of hydrogen-bond acceptors (Lipinski definition) is 6. The molecule has 0 spiro atoms. The van der Waals surface area contributed by atoms with E-state index < -0.39 is 21.0 Å². The summed E-state index contributed by atoms with van der Waals surface area (Å²) in [5.74, 6) is -0.741. The molecule has 1 rings (SSSR count). The Morgan fingerprint density at radius 1 is 1.65 bits per heavy atom. The van der Waals surface area contributed by atoms with Gasteiger partial charge in [0.25, 0.3) is 0 Å². The van der Waals surface area contributed by atoms with Crippen LogP contribution in [-0.2, 0) is 14.6 Å². The molecule has 0 radical (unpaired) electrons. The molecule has 6 nitrogen and oxygen atoms in total. The van der Waals surface area contributed by atoms with E-state index >= 15 is 0 Å². The molecule has 0 atom stereocenters. The molecule has 0 N–H and O–H groups in total. The van der Waals surface area contributed by atoms with Crippen LogP contribution in [-0.4, -0.2) is 37.2 Å². The highest BCUT2D eigenvalue weighted by Gasteiger charge is 2.18. The Labute approximate surface area is 103 Å². The van der Waals surface area contributed by atoms with Crippen molar-refractivity contribution in [3.05, 3.63) is 29.6 Å². The Bertz CT molecular complexity index is 556. The summed E-state index contributed by atoms with van der Waals surface area (Å²) in [6, 6.07) is 0. The van der Waals surface area contributed by atoms with E-state index in [1.165, 1.54) is 6.08 Å². The van der Waals surface area contributed by atoms with Gasteiger partial charge in [0.15, 0.2) is 0 Å². The molecule has 0 saturated heterocycles. The Morgan fingerprint density at radius 3 is 2.76 bits per heavy atom. The van der Waals surface area contributed by atoms with E-state index in [1.807, 2.05) is 0 Å². The zero-order chi connectivity index (χ0) is 13.1. The first kappa shape index (κ1) is 13.6. The van der Waals surface area contributed by atoms with E-state index in [1.54, 1.807) is 0 Å². The van der Waals surface area contributed by atoms with E-state index in [-0.39, 0.29) is 17.3 Å². The van der Waals surface area contributed by atoms with Gasteiger partial charge in [-0.2, -0.15) is 0 Å². The van der Waals surface area contributed by atoms with Gasteiger partial charge in [-0.05, 0) is 0 Å². The molecule has 1 aromatic rings. The van der Waals surface area contributed by atoms with Crippen molar-refractivity contribution in [2.24, 2.45) is 0 Å². The minimum Gasteiger partial charge on any atom is -0.458 e. The predicted molar refractivity (Wildman–Crippen MR) is 60.6 cm³/mol. The van der Waals surface area contributed by atoms with Crippen molar-refractivity contribution >= 4 is 27.4 Å². The van der Waals surface area contributed by atoms with Crippen LogP contribution in [0.15, 0.2) is 24.0 Å². The number of carbonyl (C=O) groups is 1. The van der Waals surface area contributed by atoms with Gasteiger partial charge in [0.2, 0.25) is 15.0 Å². The molecule has 8 heteroatoms. The molecular weight excluding hydrogens is 268 g/mol. The number of carbonyl (C=O) groups excluding carboxylic acids is 1. The Hall–Kier alpha value is -1.47. The first-order valence-electron chi connectivity index (χ1n) is 4.37. The highest BCUT2D eigenvalue weighted by Crippen LogP contribution is 2.15. The maximum absolute atomic E-state index is 11.4. The second-order valence-corrected chi connectivity index (χ2v) is 5.28. The number of aromatic nitrogens is 2. The van der Waals surface area contributed by atoms with Crippen LogP contribution in [0.2, 0.25) is 5.15 Å². The summed E-state index contributed by atoms with van der Waals surface area (Å²) in [6.45, 7) is 3.39. The quantitative estimate of drug-likeness (QED) is 0.351. The summed E-state index contributed by atoms with van der Waals surface area (Å²) in [6.07, 6.45) is 3.34. The van der Waals surface area contributed by atoms with Crippen molar-refractivity contribution < 1.29 is 17.9 Å². The SMILES string of the molecule is C=CCOC(=O)c1cnc(S(C)(=O)=O)nc1Cl. The van der Waals surface area contributed by atoms with Gasteiger partial charge < -0.3 is 4.74 Å². The van der Waals surface area contributed by atoms with Gasteiger partial charge >= 0.3 is 5.97 Å². The molecule has 1 heterocycles. The van der Waals surface area contributed by atoms with Crippen LogP contribution in [0.1, 0.15) is 10.4 Å². The van der Waals surface area contributed by atoms with Crippen molar-refractivity contribution in [1.29, 1.82) is 0 Å². The molecule has 0 aliphatic carbocycles. The van der Waals surface area contributed by atoms with E-state index in [4.69, 9.17) is 16.3 Å². The first-order valence-corrected chi connectivity index (χ1v) is 6.64. The van der Waals surface area contributed by atoms with Gasteiger partial charge in [0.1, 0.15) is 17.3 Å². The highest BCUT2D eigenvalue weighted by molar-refractivity contribution is 7.90. The molecule has 0 aliphatic rings. The van der Waals surface area contributed by atoms with Crippen LogP contribution in [0.5, 0.6) is 0 Å². The fourth-order valence-electron chi connectivity index (χ4n) is 0.874. The van der Waals surface area contributed by atoms with Crippen molar-refractivity contribution in [2.45, 2.75) is 5.16 Å². The third kappa shape index (κ3) is 3.50. The molecule has 0 saturated carbocycles. The van der Waals surface area contributed by atoms with Crippen molar-refractivity contribution in [1.82, 2.24) is 9.97 Å². The third-order valence-electron chi connectivity index (χ3n) is 1.60. The van der Waals surface area contributed by atoms with E-state index in [2.05, 4.69) is 16.5 Å². The van der Waals surface area contributed by atoms with Gasteiger partial charge in [-0.3, -0.25) is 0 Å². The van der Waals surface area contributed by atoms with Crippen LogP contribution in [0.25, 0.3) is 0 Å². The maximum Gasteiger partial charge on any atom is 0.343 e. The second kappa shape index (κ2) is 5.24. The number of sulfone groups is 1. The van der Waals surface area contributed by atoms with E-state index in [0.29, 0.717) is 0 Å². The topological polar surface area (TPSA) is 86.2 Å². The third-order valence-corrected chi connectivity index (χ3v) is 2.75. The minimum atomic E-state index is -3.56. The number of esters is 1. The molecular formula is C9H9ClN2O4S. The average Bonchev–Trinajstić information content (AvgIpc) is 2.24. The number of ether oxygens (including phenoxy) is 1. The summed E-state index contributed by atoms with van der Waals surface area (Å²) >= 11 is 5.67. The van der Waals surface area contributed by atoms with Gasteiger partial charge in [0, 0.05) is 12.5 Å². The van der Waals surface area contributed by atoms with E-state index in [0.717, 1.165) is 12.5 Å². The summed E-state index contributed by atoms with van der Waals surface area (Å²) in [7, 11) is -3.56. The van der Waals surface area contributed by atoms with Gasteiger partial charge in [-0.25, -0.2) is 23.2 Å². The summed E-state index contributed by atoms with van der Waals surface area (Å²) in [4.78, 5) is 18.4. The second-order valence-electron chi connectivity index (χ2n) is 3.02. The fourth-order valence-corrected chi connectivity index (χ4v) is 1.63. The lowest BCUT2D eigenvalue weighted by molar-refractivity contribution is 0.0548. The molecule has 1 aromatic heterocycles. The lowest BCUT2D eigenvalue weighted by atomic mass is 10.3. The van der Waals surface area contributed by atoms with Crippen molar-refractivity contribution in [3.63, 3.8) is 0 Å². The lowest BCUT2D eigenvalue weighted by Gasteiger charge is -2.04. The summed E-state index contributed by atoms with van der Waals surface area (Å²) < 4.78 is 27.0. The van der Waals surface area contributed by atoms with E-state index in [9.17, 15) is 13.2 Å². The number of rotatable bonds is 4. The predicted octanol–water partition coefficient (Wildman–Crippen LogP) is 0.876. The molecule has 92 valence electrons. The summed E-state index contributed by atoms with van der Waals surface area (Å²) in [5, 5.41) is -0.711. The molecule has 0 aromatic carbocycles. The molecule has 17 heavy (non-hydrogen) atoms. The average molecular weight is 277 g/mol. The monoisotopic (exact) mass is 276 g/mol. The Balaban J connectivity index is 3.06. The highest BCUT2D eigenvalue weighted by atomic mass is 35.5. The first-order chi connectivity index (χ1) is 7.86. The van der Waals surface area contributed by atoms with Crippen LogP contribution in [0.4, 0.5) is 0 Å². The Kier molecular flexibility index (Phi) is 4.19. The minimum absolute atomic E-state index is 0.0169. The lowest BCUT2D eigenvalue weighted by Crippen LogP contribution is -2.11. The molecule has 0 amide bonds.